The Hall–Kier alpha value is -1.31. The average molecular weight is 262 g/mol. The van der Waals surface area contributed by atoms with Crippen LogP contribution in [0.2, 0.25) is 0 Å². The zero-order valence-electron chi connectivity index (χ0n) is 13.0. The zero-order chi connectivity index (χ0) is 14.8. The number of carbonyl (C=O) groups is 1. The molecule has 0 amide bonds. The second kappa shape index (κ2) is 5.36. The molecule has 106 valence electrons. The summed E-state index contributed by atoms with van der Waals surface area (Å²) >= 11 is 0. The summed E-state index contributed by atoms with van der Waals surface area (Å²) in [7, 11) is 0. The third kappa shape index (κ3) is 5.91. The molecular weight excluding hydrogens is 236 g/mol. The summed E-state index contributed by atoms with van der Waals surface area (Å²) in [6.45, 7) is 13.0. The van der Waals surface area contributed by atoms with Gasteiger partial charge >= 0.3 is 5.97 Å². The molecule has 0 aromatic heterocycles. The van der Waals surface area contributed by atoms with E-state index in [0.717, 1.165) is 24.0 Å². The summed E-state index contributed by atoms with van der Waals surface area (Å²) < 4.78 is 0. The minimum atomic E-state index is -0.842. The maximum Gasteiger partial charge on any atom is 0.335 e. The first kappa shape index (κ1) is 15.7. The molecule has 0 saturated heterocycles. The Bertz CT molecular complexity index is 425. The lowest BCUT2D eigenvalue weighted by Crippen LogP contribution is -2.13. The molecule has 0 spiro atoms. The largest absolute Gasteiger partial charge is 0.478 e. The second-order valence-electron chi connectivity index (χ2n) is 7.82. The van der Waals surface area contributed by atoms with Gasteiger partial charge in [-0.2, -0.15) is 0 Å². The van der Waals surface area contributed by atoms with Crippen LogP contribution in [-0.2, 0) is 12.8 Å². The standard InChI is InChI=1S/C17H26O2/c1-16(2,3)10-12-7-13(11-17(4,5)6)9-14(8-12)15(18)19/h7-9H,10-11H2,1-6H3,(H,18,19). The van der Waals surface area contributed by atoms with E-state index in [2.05, 4.69) is 47.6 Å². The van der Waals surface area contributed by atoms with Gasteiger partial charge in [-0.25, -0.2) is 4.79 Å². The van der Waals surface area contributed by atoms with Gasteiger partial charge in [0.1, 0.15) is 0 Å². The molecule has 2 heteroatoms. The van der Waals surface area contributed by atoms with Crippen LogP contribution in [0.4, 0.5) is 0 Å². The van der Waals surface area contributed by atoms with Gasteiger partial charge in [0.25, 0.3) is 0 Å². The molecule has 0 radical (unpaired) electrons. The van der Waals surface area contributed by atoms with Crippen molar-refractivity contribution in [2.45, 2.75) is 54.4 Å². The lowest BCUT2D eigenvalue weighted by molar-refractivity contribution is 0.0696. The Balaban J connectivity index is 3.14. The molecule has 0 aliphatic carbocycles. The van der Waals surface area contributed by atoms with Crippen molar-refractivity contribution in [3.05, 3.63) is 34.9 Å². The Morgan fingerprint density at radius 2 is 1.26 bits per heavy atom. The fraction of sp³-hybridized carbons (Fsp3) is 0.588. The Morgan fingerprint density at radius 1 is 0.895 bits per heavy atom. The smallest absolute Gasteiger partial charge is 0.335 e. The van der Waals surface area contributed by atoms with Crippen molar-refractivity contribution in [2.24, 2.45) is 10.8 Å². The normalized spacial score (nSPS) is 12.5. The number of carboxylic acids is 1. The van der Waals surface area contributed by atoms with Gasteiger partial charge in [-0.3, -0.25) is 0 Å². The van der Waals surface area contributed by atoms with E-state index in [4.69, 9.17) is 0 Å². The van der Waals surface area contributed by atoms with Crippen LogP contribution in [0, 0.1) is 10.8 Å². The number of hydrogen-bond donors (Lipinski definition) is 1. The van der Waals surface area contributed by atoms with Gasteiger partial charge in [0.05, 0.1) is 5.56 Å². The molecule has 0 bridgehead atoms. The van der Waals surface area contributed by atoms with Gasteiger partial charge < -0.3 is 5.11 Å². The second-order valence-corrected chi connectivity index (χ2v) is 7.82. The summed E-state index contributed by atoms with van der Waals surface area (Å²) in [6, 6.07) is 5.77. The fourth-order valence-corrected chi connectivity index (χ4v) is 2.31. The van der Waals surface area contributed by atoms with Crippen molar-refractivity contribution >= 4 is 5.97 Å². The van der Waals surface area contributed by atoms with E-state index in [1.54, 1.807) is 12.1 Å². The third-order valence-electron chi connectivity index (χ3n) is 2.77. The van der Waals surface area contributed by atoms with Crippen LogP contribution >= 0.6 is 0 Å². The predicted molar refractivity (Wildman–Crippen MR) is 79.7 cm³/mol. The number of rotatable bonds is 3. The molecule has 0 saturated carbocycles. The van der Waals surface area contributed by atoms with Gasteiger partial charge in [0.15, 0.2) is 0 Å². The van der Waals surface area contributed by atoms with Crippen LogP contribution in [-0.4, -0.2) is 11.1 Å². The quantitative estimate of drug-likeness (QED) is 0.867. The van der Waals surface area contributed by atoms with Gasteiger partial charge in [0, 0.05) is 0 Å². The number of benzene rings is 1. The lowest BCUT2D eigenvalue weighted by Gasteiger charge is -2.22. The van der Waals surface area contributed by atoms with Crippen LogP contribution in [0.1, 0.15) is 63.0 Å². The van der Waals surface area contributed by atoms with Crippen molar-refractivity contribution in [3.8, 4) is 0 Å². The van der Waals surface area contributed by atoms with Crippen molar-refractivity contribution in [1.82, 2.24) is 0 Å². The van der Waals surface area contributed by atoms with E-state index in [9.17, 15) is 9.90 Å². The molecule has 19 heavy (non-hydrogen) atoms. The minimum absolute atomic E-state index is 0.163. The van der Waals surface area contributed by atoms with Crippen LogP contribution in [0.5, 0.6) is 0 Å². The van der Waals surface area contributed by atoms with E-state index in [1.807, 2.05) is 0 Å². The molecule has 0 unspecified atom stereocenters. The molecule has 1 rings (SSSR count). The number of carboxylic acid groups (broad SMARTS) is 1. The molecule has 1 aromatic rings. The number of hydrogen-bond acceptors (Lipinski definition) is 1. The zero-order valence-corrected chi connectivity index (χ0v) is 13.0. The molecular formula is C17H26O2. The highest BCUT2D eigenvalue weighted by molar-refractivity contribution is 5.88. The highest BCUT2D eigenvalue weighted by Gasteiger charge is 2.17. The SMILES string of the molecule is CC(C)(C)Cc1cc(CC(C)(C)C)cc(C(=O)O)c1. The van der Waals surface area contributed by atoms with Crippen molar-refractivity contribution in [2.75, 3.05) is 0 Å². The Morgan fingerprint density at radius 3 is 1.53 bits per heavy atom. The first-order chi connectivity index (χ1) is 8.46. The van der Waals surface area contributed by atoms with Crippen molar-refractivity contribution in [3.63, 3.8) is 0 Å². The van der Waals surface area contributed by atoms with Crippen LogP contribution in [0.25, 0.3) is 0 Å². The molecule has 1 aromatic carbocycles. The van der Waals surface area contributed by atoms with Crippen molar-refractivity contribution in [1.29, 1.82) is 0 Å². The summed E-state index contributed by atoms with van der Waals surface area (Å²) in [6.07, 6.45) is 1.79. The Labute approximate surface area is 116 Å². The van der Waals surface area contributed by atoms with E-state index in [1.165, 1.54) is 0 Å². The minimum Gasteiger partial charge on any atom is -0.478 e. The fourth-order valence-electron chi connectivity index (χ4n) is 2.31. The third-order valence-corrected chi connectivity index (χ3v) is 2.77. The predicted octanol–water partition coefficient (Wildman–Crippen LogP) is 4.56. The molecule has 0 heterocycles. The summed E-state index contributed by atoms with van der Waals surface area (Å²) in [5, 5.41) is 9.23. The molecule has 0 aliphatic heterocycles. The molecule has 0 aliphatic rings. The topological polar surface area (TPSA) is 37.3 Å². The van der Waals surface area contributed by atoms with Crippen LogP contribution < -0.4 is 0 Å². The van der Waals surface area contributed by atoms with Crippen LogP contribution in [0.15, 0.2) is 18.2 Å². The molecule has 2 nitrogen and oxygen atoms in total. The monoisotopic (exact) mass is 262 g/mol. The number of aromatic carboxylic acids is 1. The van der Waals surface area contributed by atoms with E-state index in [-0.39, 0.29) is 10.8 Å². The van der Waals surface area contributed by atoms with E-state index < -0.39 is 5.97 Å². The maximum atomic E-state index is 11.2. The first-order valence-electron chi connectivity index (χ1n) is 6.82. The maximum absolute atomic E-state index is 11.2. The Kier molecular flexibility index (Phi) is 4.44. The van der Waals surface area contributed by atoms with Gasteiger partial charge in [-0.1, -0.05) is 47.6 Å². The lowest BCUT2D eigenvalue weighted by atomic mass is 9.84. The van der Waals surface area contributed by atoms with E-state index >= 15 is 0 Å². The highest BCUT2D eigenvalue weighted by atomic mass is 16.4. The summed E-state index contributed by atoms with van der Waals surface area (Å²) in [5.74, 6) is -0.842. The van der Waals surface area contributed by atoms with Gasteiger partial charge in [-0.05, 0) is 46.9 Å². The first-order valence-corrected chi connectivity index (χ1v) is 6.82. The summed E-state index contributed by atoms with van der Waals surface area (Å²) in [5.41, 5.74) is 2.96. The highest BCUT2D eigenvalue weighted by Crippen LogP contribution is 2.26. The van der Waals surface area contributed by atoms with E-state index in [0.29, 0.717) is 5.56 Å². The van der Waals surface area contributed by atoms with Gasteiger partial charge in [0.2, 0.25) is 0 Å². The summed E-state index contributed by atoms with van der Waals surface area (Å²) in [4.78, 5) is 11.2. The average Bonchev–Trinajstić information content (AvgIpc) is 2.10. The van der Waals surface area contributed by atoms with Crippen LogP contribution in [0.3, 0.4) is 0 Å². The molecule has 0 atom stereocenters. The molecule has 1 N–H and O–H groups in total. The van der Waals surface area contributed by atoms with Crippen molar-refractivity contribution < 1.29 is 9.90 Å². The molecule has 0 fully saturated rings. The van der Waals surface area contributed by atoms with Gasteiger partial charge in [-0.15, -0.1) is 0 Å².